The van der Waals surface area contributed by atoms with Gasteiger partial charge in [0.1, 0.15) is 0 Å². The zero-order valence-electron chi connectivity index (χ0n) is 35.5. The molecule has 0 radical (unpaired) electrons. The van der Waals surface area contributed by atoms with E-state index in [-0.39, 0.29) is 0 Å². The highest BCUT2D eigenvalue weighted by Crippen LogP contribution is 2.50. The standard InChI is InChI=1S/C60H50N2/c1-3-15-42-26-36-57-55(39-42)56-40-46(31-37-58(56)62(57)47-19-8-5-9-20-47)43-27-32-48(33-28-43)61(50-21-14-16-41(2)38-50)49-34-29-45(30-35-49)60-53-24-12-10-22-51(53)59(44-17-6-4-7-18-44)52-23-11-13-25-54(52)60/h4-14,17-35,37-41,57H,3,15-16,36H2,1-2H3. The Bertz CT molecular complexity index is 3020. The first kappa shape index (κ1) is 37.8. The lowest BCUT2D eigenvalue weighted by atomic mass is 9.86. The molecule has 8 aromatic rings. The van der Waals surface area contributed by atoms with Crippen LogP contribution in [0.4, 0.5) is 22.7 Å². The van der Waals surface area contributed by atoms with Gasteiger partial charge >= 0.3 is 0 Å². The van der Waals surface area contributed by atoms with E-state index >= 15 is 0 Å². The quantitative estimate of drug-likeness (QED) is 0.134. The summed E-state index contributed by atoms with van der Waals surface area (Å²) in [5, 5.41) is 5.08. The van der Waals surface area contributed by atoms with Crippen molar-refractivity contribution in [3.63, 3.8) is 0 Å². The lowest BCUT2D eigenvalue weighted by Gasteiger charge is -2.29. The molecule has 3 aliphatic rings. The van der Waals surface area contributed by atoms with Gasteiger partial charge in [0.15, 0.2) is 0 Å². The van der Waals surface area contributed by atoms with Crippen molar-refractivity contribution < 1.29 is 0 Å². The van der Waals surface area contributed by atoms with Crippen LogP contribution in [0.1, 0.15) is 45.1 Å². The van der Waals surface area contributed by atoms with Gasteiger partial charge in [0, 0.05) is 34.0 Å². The van der Waals surface area contributed by atoms with Crippen molar-refractivity contribution in [1.29, 1.82) is 0 Å². The summed E-state index contributed by atoms with van der Waals surface area (Å²) in [4.78, 5) is 4.97. The molecular formula is C60H50N2. The molecule has 1 aliphatic heterocycles. The fourth-order valence-corrected chi connectivity index (χ4v) is 10.3. The summed E-state index contributed by atoms with van der Waals surface area (Å²) in [6.45, 7) is 4.59. The van der Waals surface area contributed by atoms with Gasteiger partial charge in [-0.25, -0.2) is 0 Å². The van der Waals surface area contributed by atoms with Crippen molar-refractivity contribution in [2.75, 3.05) is 9.80 Å². The van der Waals surface area contributed by atoms with Crippen molar-refractivity contribution in [1.82, 2.24) is 0 Å². The maximum Gasteiger partial charge on any atom is 0.0633 e. The molecule has 2 nitrogen and oxygen atoms in total. The minimum absolute atomic E-state index is 0.316. The smallest absolute Gasteiger partial charge is 0.0633 e. The molecule has 1 heterocycles. The third-order valence-corrected chi connectivity index (χ3v) is 13.1. The SMILES string of the molecule is CCCC1=CCC2C(=C1)c1cc(-c3ccc(N(C4=CC(C)CC=C4)c4ccc(-c5c6ccccc6c(-c6ccccc6)c6ccccc56)cc4)cc3)ccc1N2c1ccccc1. The average molecular weight is 799 g/mol. The normalized spacial score (nSPS) is 16.7. The third kappa shape index (κ3) is 6.68. The molecule has 8 aromatic carbocycles. The van der Waals surface area contributed by atoms with Crippen LogP contribution in [0, 0.1) is 5.92 Å². The van der Waals surface area contributed by atoms with Gasteiger partial charge in [-0.3, -0.25) is 0 Å². The first-order valence-electron chi connectivity index (χ1n) is 22.4. The average Bonchev–Trinajstić information content (AvgIpc) is 3.65. The van der Waals surface area contributed by atoms with Gasteiger partial charge < -0.3 is 9.80 Å². The largest absolute Gasteiger partial charge is 0.333 e. The molecule has 0 fully saturated rings. The first-order chi connectivity index (χ1) is 30.6. The van der Waals surface area contributed by atoms with Gasteiger partial charge in [0.2, 0.25) is 0 Å². The van der Waals surface area contributed by atoms with Crippen LogP contribution < -0.4 is 9.80 Å². The van der Waals surface area contributed by atoms with E-state index in [0.29, 0.717) is 12.0 Å². The summed E-state index contributed by atoms with van der Waals surface area (Å²) < 4.78 is 0. The fourth-order valence-electron chi connectivity index (χ4n) is 10.3. The number of anilines is 4. The minimum Gasteiger partial charge on any atom is -0.333 e. The van der Waals surface area contributed by atoms with E-state index in [4.69, 9.17) is 0 Å². The molecule has 0 spiro atoms. The number of para-hydroxylation sites is 1. The number of benzene rings is 8. The topological polar surface area (TPSA) is 6.48 Å². The van der Waals surface area contributed by atoms with E-state index in [0.717, 1.165) is 37.1 Å². The Morgan fingerprint density at radius 3 is 1.71 bits per heavy atom. The van der Waals surface area contributed by atoms with E-state index in [1.54, 1.807) is 0 Å². The molecule has 2 heteroatoms. The fraction of sp³-hybridized carbons (Fsp3) is 0.133. The summed E-state index contributed by atoms with van der Waals surface area (Å²) in [6.07, 6.45) is 16.3. The Kier molecular flexibility index (Phi) is 9.78. The second-order valence-corrected chi connectivity index (χ2v) is 17.2. The van der Waals surface area contributed by atoms with Gasteiger partial charge in [-0.15, -0.1) is 0 Å². The van der Waals surface area contributed by atoms with Crippen LogP contribution in [0.5, 0.6) is 0 Å². The summed E-state index contributed by atoms with van der Waals surface area (Å²) in [5.41, 5.74) is 17.8. The van der Waals surface area contributed by atoms with Crippen LogP contribution in [0.15, 0.2) is 218 Å². The summed E-state index contributed by atoms with van der Waals surface area (Å²) in [7, 11) is 0. The first-order valence-corrected chi connectivity index (χ1v) is 22.4. The van der Waals surface area contributed by atoms with Gasteiger partial charge in [-0.2, -0.15) is 0 Å². The summed E-state index contributed by atoms with van der Waals surface area (Å²) in [6, 6.07) is 65.4. The predicted molar refractivity (Wildman–Crippen MR) is 265 cm³/mol. The molecule has 2 unspecified atom stereocenters. The Morgan fingerprint density at radius 1 is 0.565 bits per heavy atom. The van der Waals surface area contributed by atoms with Gasteiger partial charge in [-0.05, 0) is 140 Å². The predicted octanol–water partition coefficient (Wildman–Crippen LogP) is 16.6. The Labute approximate surface area is 366 Å². The Morgan fingerprint density at radius 2 is 1.11 bits per heavy atom. The molecule has 0 saturated carbocycles. The molecule has 62 heavy (non-hydrogen) atoms. The molecule has 2 aliphatic carbocycles. The molecule has 0 N–H and O–H groups in total. The lowest BCUT2D eigenvalue weighted by Crippen LogP contribution is -2.27. The number of hydrogen-bond acceptors (Lipinski definition) is 2. The molecule has 0 saturated heterocycles. The molecule has 300 valence electrons. The maximum atomic E-state index is 2.55. The van der Waals surface area contributed by atoms with Crippen LogP contribution in [0.25, 0.3) is 60.5 Å². The van der Waals surface area contributed by atoms with Gasteiger partial charge in [0.05, 0.1) is 6.04 Å². The Hall–Kier alpha value is -7.16. The maximum absolute atomic E-state index is 2.55. The van der Waals surface area contributed by atoms with Crippen molar-refractivity contribution in [2.24, 2.45) is 5.92 Å². The summed E-state index contributed by atoms with van der Waals surface area (Å²) >= 11 is 0. The van der Waals surface area contributed by atoms with Crippen molar-refractivity contribution in [3.8, 4) is 33.4 Å². The van der Waals surface area contributed by atoms with Crippen LogP contribution in [-0.2, 0) is 0 Å². The van der Waals surface area contributed by atoms with Crippen molar-refractivity contribution >= 4 is 49.9 Å². The monoisotopic (exact) mass is 798 g/mol. The zero-order valence-corrected chi connectivity index (χ0v) is 35.5. The lowest BCUT2D eigenvalue weighted by molar-refractivity contribution is 0.726. The molecule has 0 amide bonds. The summed E-state index contributed by atoms with van der Waals surface area (Å²) in [5.74, 6) is 0.462. The van der Waals surface area contributed by atoms with Gasteiger partial charge in [-0.1, -0.05) is 178 Å². The second-order valence-electron chi connectivity index (χ2n) is 17.2. The number of allylic oxidation sites excluding steroid dienone is 5. The molecular weight excluding hydrogens is 749 g/mol. The second kappa shape index (κ2) is 16.0. The highest BCUT2D eigenvalue weighted by Gasteiger charge is 2.36. The van der Waals surface area contributed by atoms with E-state index in [1.807, 2.05) is 0 Å². The number of rotatable bonds is 9. The van der Waals surface area contributed by atoms with Crippen LogP contribution in [0.3, 0.4) is 0 Å². The molecule has 2 atom stereocenters. The third-order valence-electron chi connectivity index (χ3n) is 13.1. The highest BCUT2D eigenvalue weighted by molar-refractivity contribution is 6.21. The van der Waals surface area contributed by atoms with Crippen LogP contribution >= 0.6 is 0 Å². The number of nitrogens with zero attached hydrogens (tertiary/aromatic N) is 2. The highest BCUT2D eigenvalue weighted by atomic mass is 15.2. The molecule has 0 aromatic heterocycles. The number of fused-ring (bicyclic) bond motifs is 5. The zero-order chi connectivity index (χ0) is 41.6. The van der Waals surface area contributed by atoms with Crippen LogP contribution in [0.2, 0.25) is 0 Å². The van der Waals surface area contributed by atoms with E-state index in [2.05, 4.69) is 230 Å². The van der Waals surface area contributed by atoms with Crippen molar-refractivity contribution in [3.05, 3.63) is 223 Å². The van der Waals surface area contributed by atoms with E-state index in [1.165, 1.54) is 88.7 Å². The van der Waals surface area contributed by atoms with E-state index < -0.39 is 0 Å². The minimum atomic E-state index is 0.316. The number of hydrogen-bond donors (Lipinski definition) is 0. The van der Waals surface area contributed by atoms with E-state index in [9.17, 15) is 0 Å². The van der Waals surface area contributed by atoms with Crippen molar-refractivity contribution in [2.45, 2.75) is 45.6 Å². The van der Waals surface area contributed by atoms with Gasteiger partial charge in [0.25, 0.3) is 0 Å². The Balaban J connectivity index is 0.969. The van der Waals surface area contributed by atoms with Crippen LogP contribution in [-0.4, -0.2) is 6.04 Å². The molecule has 0 bridgehead atoms. The molecule has 11 rings (SSSR count).